The summed E-state index contributed by atoms with van der Waals surface area (Å²) in [6.45, 7) is 3.78. The predicted molar refractivity (Wildman–Crippen MR) is 126 cm³/mol. The van der Waals surface area contributed by atoms with Gasteiger partial charge in [0, 0.05) is 43.9 Å². The molecule has 0 atom stereocenters. The number of hydrogen-bond acceptors (Lipinski definition) is 9. The van der Waals surface area contributed by atoms with E-state index >= 15 is 0 Å². The molecule has 3 heterocycles. The van der Waals surface area contributed by atoms with Crippen molar-refractivity contribution in [3.05, 3.63) is 39.9 Å². The fraction of sp³-hybridized carbons (Fsp3) is 0.545. The zero-order chi connectivity index (χ0) is 22.2. The number of non-ortho nitro benzene ring substituents is 1. The van der Waals surface area contributed by atoms with Gasteiger partial charge in [0.1, 0.15) is 0 Å². The van der Waals surface area contributed by atoms with E-state index in [2.05, 4.69) is 30.3 Å². The number of nitrogens with one attached hydrogen (secondary N) is 1. The third kappa shape index (κ3) is 5.89. The largest absolute Gasteiger partial charge is 0.341 e. The summed E-state index contributed by atoms with van der Waals surface area (Å²) in [5.74, 6) is 1.77. The highest BCUT2D eigenvalue weighted by Gasteiger charge is 2.19. The summed E-state index contributed by atoms with van der Waals surface area (Å²) >= 11 is 0. The Labute approximate surface area is 187 Å². The van der Waals surface area contributed by atoms with E-state index in [9.17, 15) is 10.1 Å². The van der Waals surface area contributed by atoms with Crippen molar-refractivity contribution in [3.63, 3.8) is 0 Å². The first-order valence-electron chi connectivity index (χ1n) is 11.5. The molecule has 2 fully saturated rings. The van der Waals surface area contributed by atoms with Crippen LogP contribution in [0.15, 0.2) is 29.4 Å². The van der Waals surface area contributed by atoms with Crippen molar-refractivity contribution < 1.29 is 4.92 Å². The number of hydrazone groups is 1. The number of benzene rings is 1. The second-order valence-electron chi connectivity index (χ2n) is 8.28. The summed E-state index contributed by atoms with van der Waals surface area (Å²) in [5.41, 5.74) is 3.57. The molecule has 0 amide bonds. The molecule has 170 valence electrons. The van der Waals surface area contributed by atoms with Crippen molar-refractivity contribution in [2.45, 2.75) is 51.4 Å². The van der Waals surface area contributed by atoms with Gasteiger partial charge in [0.2, 0.25) is 17.8 Å². The van der Waals surface area contributed by atoms with E-state index in [1.54, 1.807) is 12.1 Å². The fourth-order valence-corrected chi connectivity index (χ4v) is 4.11. The molecule has 0 radical (unpaired) electrons. The van der Waals surface area contributed by atoms with Crippen LogP contribution in [0.25, 0.3) is 0 Å². The minimum Gasteiger partial charge on any atom is -0.341 e. The van der Waals surface area contributed by atoms with E-state index in [0.29, 0.717) is 23.4 Å². The highest BCUT2D eigenvalue weighted by molar-refractivity contribution is 5.81. The lowest BCUT2D eigenvalue weighted by Gasteiger charge is -2.24. The van der Waals surface area contributed by atoms with Gasteiger partial charge in [0.25, 0.3) is 5.69 Å². The van der Waals surface area contributed by atoms with Gasteiger partial charge < -0.3 is 9.80 Å². The maximum atomic E-state index is 11.0. The Morgan fingerprint density at radius 3 is 1.97 bits per heavy atom. The number of nitrogens with zero attached hydrogens (tertiary/aromatic N) is 7. The SMILES string of the molecule is O=[N+]([O-])c1cccc(/C=N/Nc2nc(N3CCCCCC3)nc(N3CCCCCC3)n2)c1. The van der Waals surface area contributed by atoms with Crippen LogP contribution in [0.1, 0.15) is 56.9 Å². The molecule has 2 aromatic rings. The zero-order valence-electron chi connectivity index (χ0n) is 18.3. The van der Waals surface area contributed by atoms with E-state index in [-0.39, 0.29) is 5.69 Å². The number of hydrogen-bond donors (Lipinski definition) is 1. The van der Waals surface area contributed by atoms with Crippen LogP contribution in [-0.2, 0) is 0 Å². The van der Waals surface area contributed by atoms with E-state index in [4.69, 9.17) is 4.98 Å². The molecule has 1 aromatic carbocycles. The average Bonchev–Trinajstić information content (AvgIpc) is 3.25. The van der Waals surface area contributed by atoms with Crippen molar-refractivity contribution in [2.75, 3.05) is 41.4 Å². The monoisotopic (exact) mass is 438 g/mol. The quantitative estimate of drug-likeness (QED) is 0.409. The normalized spacial score (nSPS) is 17.8. The Kier molecular flexibility index (Phi) is 7.42. The van der Waals surface area contributed by atoms with Crippen LogP contribution in [0.3, 0.4) is 0 Å². The second kappa shape index (κ2) is 10.8. The van der Waals surface area contributed by atoms with Gasteiger partial charge in [-0.25, -0.2) is 5.43 Å². The van der Waals surface area contributed by atoms with Crippen LogP contribution in [0, 0.1) is 10.1 Å². The number of nitro benzene ring substituents is 1. The van der Waals surface area contributed by atoms with Gasteiger partial charge in [0.05, 0.1) is 11.1 Å². The molecule has 10 nitrogen and oxygen atoms in total. The Hall–Kier alpha value is -3.30. The smallest absolute Gasteiger partial charge is 0.270 e. The molecule has 2 aliphatic heterocycles. The Bertz CT molecular complexity index is 897. The van der Waals surface area contributed by atoms with Gasteiger partial charge in [-0.05, 0) is 25.7 Å². The molecule has 0 unspecified atom stereocenters. The van der Waals surface area contributed by atoms with Crippen LogP contribution in [0.4, 0.5) is 23.5 Å². The summed E-state index contributed by atoms with van der Waals surface area (Å²) < 4.78 is 0. The van der Waals surface area contributed by atoms with Gasteiger partial charge in [-0.2, -0.15) is 20.1 Å². The fourth-order valence-electron chi connectivity index (χ4n) is 4.11. The highest BCUT2D eigenvalue weighted by atomic mass is 16.6. The standard InChI is InChI=1S/C22H30N8O2/c31-30(32)19-11-9-10-18(16-19)17-23-27-20-24-21(28-12-5-1-2-6-13-28)26-22(25-20)29-14-7-3-4-8-15-29/h9-11,16-17H,1-8,12-15H2,(H,24,25,26,27)/b23-17+. The predicted octanol–water partition coefficient (Wildman–Crippen LogP) is 3.99. The lowest BCUT2D eigenvalue weighted by Crippen LogP contribution is -2.30. The molecule has 1 aromatic heterocycles. The van der Waals surface area contributed by atoms with Crippen LogP contribution in [0.5, 0.6) is 0 Å². The van der Waals surface area contributed by atoms with Gasteiger partial charge in [0.15, 0.2) is 0 Å². The lowest BCUT2D eigenvalue weighted by atomic mass is 10.2. The van der Waals surface area contributed by atoms with Crippen molar-refractivity contribution in [1.29, 1.82) is 0 Å². The van der Waals surface area contributed by atoms with Crippen LogP contribution in [0.2, 0.25) is 0 Å². The number of rotatable bonds is 6. The summed E-state index contributed by atoms with van der Waals surface area (Å²) in [4.78, 5) is 29.1. The van der Waals surface area contributed by atoms with Crippen LogP contribution >= 0.6 is 0 Å². The summed E-state index contributed by atoms with van der Waals surface area (Å²) in [6.07, 6.45) is 11.0. The summed E-state index contributed by atoms with van der Waals surface area (Å²) in [5, 5.41) is 15.2. The van der Waals surface area contributed by atoms with Gasteiger partial charge in [-0.15, -0.1) is 0 Å². The molecule has 0 saturated carbocycles. The summed E-state index contributed by atoms with van der Waals surface area (Å²) in [6, 6.07) is 6.33. The van der Waals surface area contributed by atoms with Crippen molar-refractivity contribution in [1.82, 2.24) is 15.0 Å². The molecule has 2 saturated heterocycles. The van der Waals surface area contributed by atoms with Crippen molar-refractivity contribution in [3.8, 4) is 0 Å². The minimum absolute atomic E-state index is 0.0287. The van der Waals surface area contributed by atoms with Gasteiger partial charge in [-0.3, -0.25) is 10.1 Å². The highest BCUT2D eigenvalue weighted by Crippen LogP contribution is 2.22. The van der Waals surface area contributed by atoms with E-state index < -0.39 is 4.92 Å². The van der Waals surface area contributed by atoms with Crippen LogP contribution < -0.4 is 15.2 Å². The Balaban J connectivity index is 1.56. The Morgan fingerprint density at radius 2 is 1.44 bits per heavy atom. The first-order valence-corrected chi connectivity index (χ1v) is 11.5. The third-order valence-corrected chi connectivity index (χ3v) is 5.85. The maximum Gasteiger partial charge on any atom is 0.270 e. The van der Waals surface area contributed by atoms with E-state index in [0.717, 1.165) is 51.9 Å². The molecule has 10 heteroatoms. The number of anilines is 3. The van der Waals surface area contributed by atoms with Crippen molar-refractivity contribution >= 4 is 29.7 Å². The summed E-state index contributed by atoms with van der Waals surface area (Å²) in [7, 11) is 0. The molecular formula is C22H30N8O2. The first kappa shape index (κ1) is 21.9. The molecule has 4 rings (SSSR count). The lowest BCUT2D eigenvalue weighted by molar-refractivity contribution is -0.384. The first-order chi connectivity index (χ1) is 15.7. The minimum atomic E-state index is -0.419. The molecule has 32 heavy (non-hydrogen) atoms. The number of aromatic nitrogens is 3. The zero-order valence-corrected chi connectivity index (χ0v) is 18.3. The number of nitro groups is 1. The van der Waals surface area contributed by atoms with Crippen molar-refractivity contribution in [2.24, 2.45) is 5.10 Å². The molecule has 0 aliphatic carbocycles. The van der Waals surface area contributed by atoms with Gasteiger partial charge >= 0.3 is 0 Å². The average molecular weight is 439 g/mol. The molecular weight excluding hydrogens is 408 g/mol. The van der Waals surface area contributed by atoms with E-state index in [1.165, 1.54) is 44.0 Å². The second-order valence-corrected chi connectivity index (χ2v) is 8.28. The third-order valence-electron chi connectivity index (χ3n) is 5.85. The molecule has 0 bridgehead atoms. The molecule has 1 N–H and O–H groups in total. The topological polar surface area (TPSA) is 113 Å². The molecule has 2 aliphatic rings. The van der Waals surface area contributed by atoms with E-state index in [1.807, 2.05) is 0 Å². The molecule has 0 spiro atoms. The Morgan fingerprint density at radius 1 is 0.875 bits per heavy atom. The van der Waals surface area contributed by atoms with Crippen LogP contribution in [-0.4, -0.2) is 52.3 Å². The maximum absolute atomic E-state index is 11.0. The van der Waals surface area contributed by atoms with Gasteiger partial charge in [-0.1, -0.05) is 37.8 Å².